The van der Waals surface area contributed by atoms with E-state index in [4.69, 9.17) is 9.47 Å². The van der Waals surface area contributed by atoms with Crippen molar-refractivity contribution in [3.8, 4) is 5.75 Å². The van der Waals surface area contributed by atoms with Crippen molar-refractivity contribution in [2.24, 2.45) is 5.92 Å². The second kappa shape index (κ2) is 11.9. The Kier molecular flexibility index (Phi) is 11.1. The predicted molar refractivity (Wildman–Crippen MR) is 92.5 cm³/mol. The number of benzene rings is 1. The molecular formula is C17H26ClNO4. The summed E-state index contributed by atoms with van der Waals surface area (Å²) >= 11 is 0. The zero-order chi connectivity index (χ0) is 16.4. The summed E-state index contributed by atoms with van der Waals surface area (Å²) in [4.78, 5) is 23.1. The zero-order valence-corrected chi connectivity index (χ0v) is 14.8. The van der Waals surface area contributed by atoms with Crippen LogP contribution >= 0.6 is 12.4 Å². The third-order valence-electron chi connectivity index (χ3n) is 2.86. The molecule has 0 fully saturated rings. The fraction of sp³-hybridized carbons (Fsp3) is 0.529. The minimum absolute atomic E-state index is 0. The minimum Gasteiger partial charge on any atom is -0.493 e. The van der Waals surface area contributed by atoms with Gasteiger partial charge in [-0.3, -0.25) is 9.59 Å². The summed E-state index contributed by atoms with van der Waals surface area (Å²) in [6.45, 7) is 7.53. The first-order chi connectivity index (χ1) is 10.5. The van der Waals surface area contributed by atoms with Crippen LogP contribution in [0.2, 0.25) is 0 Å². The number of ether oxygens (including phenoxy) is 2. The summed E-state index contributed by atoms with van der Waals surface area (Å²) in [5.74, 6) is 0.964. The second-order valence-electron chi connectivity index (χ2n) is 5.38. The fourth-order valence-corrected chi connectivity index (χ4v) is 1.75. The summed E-state index contributed by atoms with van der Waals surface area (Å²) in [6, 6.07) is 7.15. The molecule has 1 rings (SSSR count). The van der Waals surface area contributed by atoms with Gasteiger partial charge in [-0.05, 0) is 37.1 Å². The van der Waals surface area contributed by atoms with E-state index in [2.05, 4.69) is 19.2 Å². The van der Waals surface area contributed by atoms with Gasteiger partial charge in [0.15, 0.2) is 5.78 Å². The SMILES string of the molecule is CCOC(=O)CNCCC(=O)c1ccc(OCC(C)C)cc1.Cl. The molecule has 0 saturated carbocycles. The number of carbonyl (C=O) groups excluding carboxylic acids is 2. The van der Waals surface area contributed by atoms with Crippen LogP contribution < -0.4 is 10.1 Å². The van der Waals surface area contributed by atoms with E-state index in [1.54, 1.807) is 19.1 Å². The van der Waals surface area contributed by atoms with Crippen molar-refractivity contribution in [1.82, 2.24) is 5.32 Å². The van der Waals surface area contributed by atoms with Gasteiger partial charge in [-0.2, -0.15) is 0 Å². The first-order valence-corrected chi connectivity index (χ1v) is 7.65. The van der Waals surface area contributed by atoms with Gasteiger partial charge < -0.3 is 14.8 Å². The van der Waals surface area contributed by atoms with Crippen molar-refractivity contribution in [3.05, 3.63) is 29.8 Å². The van der Waals surface area contributed by atoms with Crippen LogP contribution in [0.25, 0.3) is 0 Å². The molecule has 0 saturated heterocycles. The summed E-state index contributed by atoms with van der Waals surface area (Å²) in [5, 5.41) is 2.89. The Labute approximate surface area is 144 Å². The summed E-state index contributed by atoms with van der Waals surface area (Å²) < 4.78 is 10.4. The highest BCUT2D eigenvalue weighted by molar-refractivity contribution is 5.96. The smallest absolute Gasteiger partial charge is 0.319 e. The number of Topliss-reactive ketones (excluding diaryl/α,β-unsaturated/α-hetero) is 1. The second-order valence-corrected chi connectivity index (χ2v) is 5.38. The molecule has 5 nitrogen and oxygen atoms in total. The van der Waals surface area contributed by atoms with E-state index in [1.807, 2.05) is 12.1 Å². The first kappa shape index (κ1) is 21.4. The van der Waals surface area contributed by atoms with Gasteiger partial charge in [0.25, 0.3) is 0 Å². The molecule has 130 valence electrons. The number of halogens is 1. The number of rotatable bonds is 10. The van der Waals surface area contributed by atoms with Crippen molar-refractivity contribution in [3.63, 3.8) is 0 Å². The molecule has 1 aromatic carbocycles. The van der Waals surface area contributed by atoms with E-state index in [0.717, 1.165) is 5.75 Å². The molecule has 0 aliphatic rings. The largest absolute Gasteiger partial charge is 0.493 e. The molecule has 6 heteroatoms. The lowest BCUT2D eigenvalue weighted by molar-refractivity contribution is -0.141. The number of hydrogen-bond acceptors (Lipinski definition) is 5. The molecule has 23 heavy (non-hydrogen) atoms. The molecule has 0 bridgehead atoms. The van der Waals surface area contributed by atoms with Crippen molar-refractivity contribution in [1.29, 1.82) is 0 Å². The van der Waals surface area contributed by atoms with Gasteiger partial charge in [-0.25, -0.2) is 0 Å². The number of esters is 1. The Hall–Kier alpha value is -1.59. The van der Waals surface area contributed by atoms with Crippen LogP contribution in [0, 0.1) is 5.92 Å². The molecule has 0 unspecified atom stereocenters. The van der Waals surface area contributed by atoms with Gasteiger partial charge in [0, 0.05) is 18.5 Å². The molecule has 1 N–H and O–H groups in total. The number of nitrogens with one attached hydrogen (secondary N) is 1. The summed E-state index contributed by atoms with van der Waals surface area (Å²) in [5.41, 5.74) is 0.648. The fourth-order valence-electron chi connectivity index (χ4n) is 1.75. The summed E-state index contributed by atoms with van der Waals surface area (Å²) in [7, 11) is 0. The lowest BCUT2D eigenvalue weighted by atomic mass is 10.1. The maximum atomic E-state index is 12.0. The molecule has 0 amide bonds. The van der Waals surface area contributed by atoms with E-state index in [1.165, 1.54) is 0 Å². The number of ketones is 1. The molecule has 0 atom stereocenters. The van der Waals surface area contributed by atoms with Crippen LogP contribution in [0.15, 0.2) is 24.3 Å². The molecule has 0 aliphatic carbocycles. The van der Waals surface area contributed by atoms with Crippen LogP contribution in [0.5, 0.6) is 5.75 Å². The monoisotopic (exact) mass is 343 g/mol. The van der Waals surface area contributed by atoms with Crippen LogP contribution in [-0.2, 0) is 9.53 Å². The maximum absolute atomic E-state index is 12.0. The maximum Gasteiger partial charge on any atom is 0.319 e. The lowest BCUT2D eigenvalue weighted by Gasteiger charge is -2.09. The zero-order valence-electron chi connectivity index (χ0n) is 14.0. The summed E-state index contributed by atoms with van der Waals surface area (Å²) in [6.07, 6.45) is 0.339. The molecular weight excluding hydrogens is 318 g/mol. The Bertz CT molecular complexity index is 474. The van der Waals surface area contributed by atoms with Gasteiger partial charge in [-0.1, -0.05) is 13.8 Å². The number of carbonyl (C=O) groups is 2. The van der Waals surface area contributed by atoms with E-state index in [9.17, 15) is 9.59 Å². The van der Waals surface area contributed by atoms with Crippen LogP contribution in [0.4, 0.5) is 0 Å². The van der Waals surface area contributed by atoms with Gasteiger partial charge >= 0.3 is 5.97 Å². The van der Waals surface area contributed by atoms with Crippen molar-refractivity contribution in [2.75, 3.05) is 26.3 Å². The Morgan fingerprint density at radius 1 is 1.17 bits per heavy atom. The predicted octanol–water partition coefficient (Wildman–Crippen LogP) is 2.87. The lowest BCUT2D eigenvalue weighted by Crippen LogP contribution is -2.26. The number of hydrogen-bond donors (Lipinski definition) is 1. The van der Waals surface area contributed by atoms with E-state index < -0.39 is 0 Å². The van der Waals surface area contributed by atoms with E-state index in [0.29, 0.717) is 37.7 Å². The van der Waals surface area contributed by atoms with Crippen molar-refractivity contribution < 1.29 is 19.1 Å². The molecule has 0 aliphatic heterocycles. The Morgan fingerprint density at radius 2 is 1.83 bits per heavy atom. The normalized spacial score (nSPS) is 10.1. The van der Waals surface area contributed by atoms with Crippen LogP contribution in [0.3, 0.4) is 0 Å². The van der Waals surface area contributed by atoms with Gasteiger partial charge in [-0.15, -0.1) is 12.4 Å². The Balaban J connectivity index is 0.00000484. The van der Waals surface area contributed by atoms with E-state index >= 15 is 0 Å². The third kappa shape index (κ3) is 9.21. The average molecular weight is 344 g/mol. The molecule has 0 radical (unpaired) electrons. The molecule has 0 aromatic heterocycles. The van der Waals surface area contributed by atoms with E-state index in [-0.39, 0.29) is 30.7 Å². The first-order valence-electron chi connectivity index (χ1n) is 7.65. The van der Waals surface area contributed by atoms with Gasteiger partial charge in [0.2, 0.25) is 0 Å². The van der Waals surface area contributed by atoms with Crippen LogP contribution in [0.1, 0.15) is 37.6 Å². The van der Waals surface area contributed by atoms with Gasteiger partial charge in [0.05, 0.1) is 19.8 Å². The molecule has 0 spiro atoms. The molecule has 1 aromatic rings. The van der Waals surface area contributed by atoms with Crippen molar-refractivity contribution >= 4 is 24.2 Å². The highest BCUT2D eigenvalue weighted by Crippen LogP contribution is 2.14. The Morgan fingerprint density at radius 3 is 2.39 bits per heavy atom. The average Bonchev–Trinajstić information content (AvgIpc) is 2.50. The van der Waals surface area contributed by atoms with Crippen LogP contribution in [-0.4, -0.2) is 38.1 Å². The standard InChI is InChI=1S/C17H25NO4.ClH/c1-4-21-17(20)11-18-10-9-16(19)14-5-7-15(8-6-14)22-12-13(2)3;/h5-8,13,18H,4,9-12H2,1-3H3;1H. The van der Waals surface area contributed by atoms with Crippen molar-refractivity contribution in [2.45, 2.75) is 27.2 Å². The quantitative estimate of drug-likeness (QED) is 0.402. The minimum atomic E-state index is -0.304. The topological polar surface area (TPSA) is 64.6 Å². The highest BCUT2D eigenvalue weighted by Gasteiger charge is 2.07. The highest BCUT2D eigenvalue weighted by atomic mass is 35.5. The molecule has 0 heterocycles. The van der Waals surface area contributed by atoms with Gasteiger partial charge in [0.1, 0.15) is 5.75 Å². The third-order valence-corrected chi connectivity index (χ3v) is 2.86.